The van der Waals surface area contributed by atoms with E-state index in [-0.39, 0.29) is 18.6 Å². The molecule has 20 heavy (non-hydrogen) atoms. The van der Waals surface area contributed by atoms with Crippen LogP contribution in [0.1, 0.15) is 24.4 Å². The quantitative estimate of drug-likeness (QED) is 0.779. The fourth-order valence-electron chi connectivity index (χ4n) is 1.67. The SMILES string of the molecule is CC(N)c1ccc(NC(=O)NCc2ncn(C)n2)cc1. The van der Waals surface area contributed by atoms with E-state index in [0.717, 1.165) is 5.56 Å². The van der Waals surface area contributed by atoms with Crippen molar-refractivity contribution >= 4 is 11.7 Å². The van der Waals surface area contributed by atoms with E-state index in [4.69, 9.17) is 5.73 Å². The number of urea groups is 1. The number of hydrogen-bond donors (Lipinski definition) is 3. The molecule has 1 atom stereocenters. The van der Waals surface area contributed by atoms with Gasteiger partial charge in [-0.2, -0.15) is 5.10 Å². The van der Waals surface area contributed by atoms with E-state index in [0.29, 0.717) is 11.5 Å². The van der Waals surface area contributed by atoms with Crippen molar-refractivity contribution in [3.8, 4) is 0 Å². The number of aromatic nitrogens is 3. The Morgan fingerprint density at radius 1 is 1.40 bits per heavy atom. The fourth-order valence-corrected chi connectivity index (χ4v) is 1.67. The van der Waals surface area contributed by atoms with Crippen molar-refractivity contribution in [1.82, 2.24) is 20.1 Å². The Morgan fingerprint density at radius 2 is 2.10 bits per heavy atom. The number of carbonyl (C=O) groups excluding carboxylic acids is 1. The highest BCUT2D eigenvalue weighted by Gasteiger charge is 2.05. The molecule has 0 aliphatic heterocycles. The molecule has 106 valence electrons. The van der Waals surface area contributed by atoms with Gasteiger partial charge in [-0.15, -0.1) is 0 Å². The second kappa shape index (κ2) is 6.16. The van der Waals surface area contributed by atoms with Crippen molar-refractivity contribution in [2.75, 3.05) is 5.32 Å². The van der Waals surface area contributed by atoms with Crippen molar-refractivity contribution in [1.29, 1.82) is 0 Å². The maximum absolute atomic E-state index is 11.7. The molecule has 2 aromatic rings. The lowest BCUT2D eigenvalue weighted by Gasteiger charge is -2.09. The summed E-state index contributed by atoms with van der Waals surface area (Å²) in [6.45, 7) is 2.19. The standard InChI is InChI=1S/C13H18N6O/c1-9(14)10-3-5-11(6-4-10)17-13(20)15-7-12-16-8-19(2)18-12/h3-6,8-9H,7,14H2,1-2H3,(H2,15,17,20). The molecule has 7 nitrogen and oxygen atoms in total. The zero-order valence-electron chi connectivity index (χ0n) is 11.5. The molecule has 2 rings (SSSR count). The number of nitrogens with zero attached hydrogens (tertiary/aromatic N) is 3. The fraction of sp³-hybridized carbons (Fsp3) is 0.308. The minimum atomic E-state index is -0.300. The number of anilines is 1. The number of nitrogens with two attached hydrogens (primary N) is 1. The number of hydrogen-bond acceptors (Lipinski definition) is 4. The summed E-state index contributed by atoms with van der Waals surface area (Å²) in [6, 6.07) is 7.09. The van der Waals surface area contributed by atoms with Crippen molar-refractivity contribution in [3.05, 3.63) is 42.0 Å². The van der Waals surface area contributed by atoms with E-state index in [1.54, 1.807) is 18.1 Å². The van der Waals surface area contributed by atoms with Gasteiger partial charge >= 0.3 is 6.03 Å². The van der Waals surface area contributed by atoms with Crippen LogP contribution in [0.25, 0.3) is 0 Å². The van der Waals surface area contributed by atoms with E-state index >= 15 is 0 Å². The summed E-state index contributed by atoms with van der Waals surface area (Å²) in [5.74, 6) is 0.565. The monoisotopic (exact) mass is 274 g/mol. The Morgan fingerprint density at radius 3 is 2.65 bits per heavy atom. The van der Waals surface area contributed by atoms with Gasteiger partial charge in [-0.3, -0.25) is 4.68 Å². The normalized spacial score (nSPS) is 11.9. The summed E-state index contributed by atoms with van der Waals surface area (Å²) >= 11 is 0. The molecule has 0 saturated heterocycles. The van der Waals surface area contributed by atoms with Gasteiger partial charge in [0.15, 0.2) is 5.82 Å². The zero-order chi connectivity index (χ0) is 14.5. The molecule has 1 aromatic carbocycles. The van der Waals surface area contributed by atoms with Crippen LogP contribution in [0.3, 0.4) is 0 Å². The van der Waals surface area contributed by atoms with E-state index in [1.165, 1.54) is 0 Å². The van der Waals surface area contributed by atoms with Crippen molar-refractivity contribution in [2.45, 2.75) is 19.5 Å². The van der Waals surface area contributed by atoms with Crippen molar-refractivity contribution in [2.24, 2.45) is 12.8 Å². The van der Waals surface area contributed by atoms with Gasteiger partial charge in [0, 0.05) is 18.8 Å². The lowest BCUT2D eigenvalue weighted by atomic mass is 10.1. The Hall–Kier alpha value is -2.41. The molecule has 0 bridgehead atoms. The molecule has 0 aliphatic carbocycles. The van der Waals surface area contributed by atoms with Crippen LogP contribution in [-0.2, 0) is 13.6 Å². The summed E-state index contributed by atoms with van der Waals surface area (Å²) in [6.07, 6.45) is 1.58. The van der Waals surface area contributed by atoms with Crippen molar-refractivity contribution in [3.63, 3.8) is 0 Å². The second-order valence-corrected chi connectivity index (χ2v) is 4.55. The first kappa shape index (κ1) is 14.0. The first-order valence-corrected chi connectivity index (χ1v) is 6.29. The van der Waals surface area contributed by atoms with Gasteiger partial charge in [0.25, 0.3) is 0 Å². The third kappa shape index (κ3) is 3.79. The Labute approximate surface area is 117 Å². The smallest absolute Gasteiger partial charge is 0.319 e. The van der Waals surface area contributed by atoms with Crippen LogP contribution in [0, 0.1) is 0 Å². The molecule has 0 spiro atoms. The lowest BCUT2D eigenvalue weighted by Crippen LogP contribution is -2.28. The van der Waals surface area contributed by atoms with Gasteiger partial charge in [-0.25, -0.2) is 9.78 Å². The maximum atomic E-state index is 11.7. The number of rotatable bonds is 4. The molecule has 2 amide bonds. The van der Waals surface area contributed by atoms with E-state index in [1.807, 2.05) is 31.2 Å². The summed E-state index contributed by atoms with van der Waals surface area (Å²) in [7, 11) is 1.77. The van der Waals surface area contributed by atoms with Crippen LogP contribution in [-0.4, -0.2) is 20.8 Å². The van der Waals surface area contributed by atoms with E-state index in [2.05, 4.69) is 20.7 Å². The molecule has 7 heteroatoms. The highest BCUT2D eigenvalue weighted by atomic mass is 16.2. The molecule has 1 unspecified atom stereocenters. The first-order chi connectivity index (χ1) is 9.54. The first-order valence-electron chi connectivity index (χ1n) is 6.29. The van der Waals surface area contributed by atoms with Gasteiger partial charge in [-0.1, -0.05) is 12.1 Å². The lowest BCUT2D eigenvalue weighted by molar-refractivity contribution is 0.251. The topological polar surface area (TPSA) is 97.9 Å². The minimum Gasteiger partial charge on any atom is -0.330 e. The van der Waals surface area contributed by atoms with Gasteiger partial charge in [0.05, 0.1) is 6.54 Å². The second-order valence-electron chi connectivity index (χ2n) is 4.55. The Balaban J connectivity index is 1.84. The predicted octanol–water partition coefficient (Wildman–Crippen LogP) is 1.16. The van der Waals surface area contributed by atoms with E-state index in [9.17, 15) is 4.79 Å². The van der Waals surface area contributed by atoms with Gasteiger partial charge in [0.1, 0.15) is 6.33 Å². The average Bonchev–Trinajstić information content (AvgIpc) is 2.83. The molecule has 4 N–H and O–H groups in total. The minimum absolute atomic E-state index is 0.0203. The maximum Gasteiger partial charge on any atom is 0.319 e. The summed E-state index contributed by atoms with van der Waals surface area (Å²) in [4.78, 5) is 15.7. The van der Waals surface area contributed by atoms with Crippen LogP contribution >= 0.6 is 0 Å². The number of benzene rings is 1. The zero-order valence-corrected chi connectivity index (χ0v) is 11.5. The molecule has 0 fully saturated rings. The van der Waals surface area contributed by atoms with Crippen LogP contribution < -0.4 is 16.4 Å². The highest BCUT2D eigenvalue weighted by Crippen LogP contribution is 2.13. The number of nitrogens with one attached hydrogen (secondary N) is 2. The Kier molecular flexibility index (Phi) is 4.31. The number of carbonyl (C=O) groups is 1. The van der Waals surface area contributed by atoms with Gasteiger partial charge < -0.3 is 16.4 Å². The number of amides is 2. The van der Waals surface area contributed by atoms with Crippen LogP contribution in [0.15, 0.2) is 30.6 Å². The van der Waals surface area contributed by atoms with Crippen LogP contribution in [0.4, 0.5) is 10.5 Å². The molecule has 0 saturated carbocycles. The van der Waals surface area contributed by atoms with Gasteiger partial charge in [-0.05, 0) is 24.6 Å². The molecule has 1 heterocycles. The van der Waals surface area contributed by atoms with E-state index < -0.39 is 0 Å². The van der Waals surface area contributed by atoms with Gasteiger partial charge in [0.2, 0.25) is 0 Å². The van der Waals surface area contributed by atoms with Crippen LogP contribution in [0.2, 0.25) is 0 Å². The van der Waals surface area contributed by atoms with Crippen molar-refractivity contribution < 1.29 is 4.79 Å². The average molecular weight is 274 g/mol. The molecular formula is C13H18N6O. The Bertz CT molecular complexity index is 575. The predicted molar refractivity (Wildman–Crippen MR) is 75.9 cm³/mol. The van der Waals surface area contributed by atoms with Crippen LogP contribution in [0.5, 0.6) is 0 Å². The molecule has 1 aromatic heterocycles. The summed E-state index contributed by atoms with van der Waals surface area (Å²) in [5.41, 5.74) is 7.49. The molecule has 0 aliphatic rings. The molecular weight excluding hydrogens is 256 g/mol. The summed E-state index contributed by atoms with van der Waals surface area (Å²) < 4.78 is 1.58. The largest absolute Gasteiger partial charge is 0.330 e. The highest BCUT2D eigenvalue weighted by molar-refractivity contribution is 5.89. The summed E-state index contributed by atoms with van der Waals surface area (Å²) in [5, 5.41) is 9.49. The number of aryl methyl sites for hydroxylation is 1. The third-order valence-electron chi connectivity index (χ3n) is 2.75. The molecule has 0 radical (unpaired) electrons. The third-order valence-corrected chi connectivity index (χ3v) is 2.75.